The minimum atomic E-state index is -0.708. The molecule has 2 bridgehead atoms. The monoisotopic (exact) mass is 450 g/mol. The number of carboxylic acids is 1. The average molecular weight is 451 g/mol. The lowest BCUT2D eigenvalue weighted by molar-refractivity contribution is -0.217. The standard InChI is InChI=1S/C29H51FO2/c30-29-24-28(25-29,26-29)23-21-19-17-15-13-11-9-7-5-3-1-2-4-6-8-10-12-14-16-18-20-22-27(31)32/h7,9H,1-6,8,10-26H2,(H,31,32)/b9-7+. The van der Waals surface area contributed by atoms with Crippen LogP contribution in [-0.4, -0.2) is 16.7 Å². The van der Waals surface area contributed by atoms with E-state index < -0.39 is 11.6 Å². The molecule has 3 saturated carbocycles. The molecule has 0 radical (unpaired) electrons. The van der Waals surface area contributed by atoms with Gasteiger partial charge in [0.2, 0.25) is 0 Å². The number of alkyl halides is 1. The van der Waals surface area contributed by atoms with Crippen molar-refractivity contribution in [3.63, 3.8) is 0 Å². The first-order valence-corrected chi connectivity index (χ1v) is 14.1. The van der Waals surface area contributed by atoms with Crippen LogP contribution in [0.3, 0.4) is 0 Å². The van der Waals surface area contributed by atoms with E-state index in [4.69, 9.17) is 5.11 Å². The van der Waals surface area contributed by atoms with Crippen LogP contribution in [-0.2, 0) is 4.79 Å². The van der Waals surface area contributed by atoms with Gasteiger partial charge in [-0.15, -0.1) is 0 Å². The van der Waals surface area contributed by atoms with Crippen LogP contribution in [0.1, 0.15) is 154 Å². The Morgan fingerprint density at radius 2 is 1.00 bits per heavy atom. The van der Waals surface area contributed by atoms with Crippen LogP contribution in [0.25, 0.3) is 0 Å². The van der Waals surface area contributed by atoms with E-state index in [1.54, 1.807) is 0 Å². The quantitative estimate of drug-likeness (QED) is 0.124. The molecule has 0 saturated heterocycles. The maximum Gasteiger partial charge on any atom is 0.303 e. The van der Waals surface area contributed by atoms with E-state index in [1.807, 2.05) is 0 Å². The van der Waals surface area contributed by atoms with Crippen LogP contribution < -0.4 is 0 Å². The first kappa shape index (κ1) is 27.4. The molecule has 0 aliphatic heterocycles. The molecule has 0 amide bonds. The van der Waals surface area contributed by atoms with Crippen molar-refractivity contribution in [1.82, 2.24) is 0 Å². The van der Waals surface area contributed by atoms with E-state index in [9.17, 15) is 9.18 Å². The van der Waals surface area contributed by atoms with Gasteiger partial charge in [-0.1, -0.05) is 102 Å². The summed E-state index contributed by atoms with van der Waals surface area (Å²) in [7, 11) is 0. The number of halogens is 1. The van der Waals surface area contributed by atoms with Gasteiger partial charge in [-0.3, -0.25) is 4.79 Å². The third-order valence-corrected chi connectivity index (χ3v) is 7.83. The average Bonchev–Trinajstić information content (AvgIpc) is 2.71. The van der Waals surface area contributed by atoms with Gasteiger partial charge >= 0.3 is 5.97 Å². The van der Waals surface area contributed by atoms with Gasteiger partial charge < -0.3 is 5.11 Å². The Balaban J connectivity index is 1.19. The number of hydrogen-bond donors (Lipinski definition) is 1. The number of carboxylic acid groups (broad SMARTS) is 1. The predicted octanol–water partition coefficient (Wildman–Crippen LogP) is 9.71. The van der Waals surface area contributed by atoms with Gasteiger partial charge in [0.1, 0.15) is 5.67 Å². The van der Waals surface area contributed by atoms with Crippen LogP contribution >= 0.6 is 0 Å². The predicted molar refractivity (Wildman–Crippen MR) is 134 cm³/mol. The Labute approximate surface area is 197 Å². The second-order valence-electron chi connectivity index (χ2n) is 11.1. The maximum absolute atomic E-state index is 13.5. The lowest BCUT2D eigenvalue weighted by Gasteiger charge is -2.66. The minimum Gasteiger partial charge on any atom is -0.481 e. The summed E-state index contributed by atoms with van der Waals surface area (Å²) in [4.78, 5) is 10.4. The summed E-state index contributed by atoms with van der Waals surface area (Å²) < 4.78 is 13.5. The minimum absolute atomic E-state index is 0.335. The van der Waals surface area contributed by atoms with E-state index in [0.29, 0.717) is 11.8 Å². The zero-order valence-electron chi connectivity index (χ0n) is 20.9. The van der Waals surface area contributed by atoms with E-state index in [-0.39, 0.29) is 0 Å². The van der Waals surface area contributed by atoms with Gasteiger partial charge in [0.05, 0.1) is 0 Å². The molecule has 1 N–H and O–H groups in total. The van der Waals surface area contributed by atoms with Gasteiger partial charge in [-0.2, -0.15) is 0 Å². The van der Waals surface area contributed by atoms with Crippen molar-refractivity contribution in [3.05, 3.63) is 12.2 Å². The van der Waals surface area contributed by atoms with Crippen LogP contribution in [0.15, 0.2) is 12.2 Å². The van der Waals surface area contributed by atoms with E-state index in [0.717, 1.165) is 32.1 Å². The van der Waals surface area contributed by atoms with E-state index >= 15 is 0 Å². The Kier molecular flexibility index (Phi) is 13.6. The Morgan fingerprint density at radius 3 is 1.41 bits per heavy atom. The van der Waals surface area contributed by atoms with Crippen molar-refractivity contribution < 1.29 is 14.3 Å². The third-order valence-electron chi connectivity index (χ3n) is 7.83. The summed E-state index contributed by atoms with van der Waals surface area (Å²) in [5.41, 5.74) is -0.246. The summed E-state index contributed by atoms with van der Waals surface area (Å²) in [6.45, 7) is 0. The molecular weight excluding hydrogens is 399 g/mol. The first-order chi connectivity index (χ1) is 15.5. The van der Waals surface area contributed by atoms with Crippen LogP contribution in [0.4, 0.5) is 4.39 Å². The van der Waals surface area contributed by atoms with Crippen molar-refractivity contribution >= 4 is 5.97 Å². The lowest BCUT2D eigenvalue weighted by atomic mass is 9.41. The molecule has 0 aromatic carbocycles. The van der Waals surface area contributed by atoms with Gasteiger partial charge in [0.25, 0.3) is 0 Å². The molecule has 0 atom stereocenters. The molecule has 3 fully saturated rings. The number of allylic oxidation sites excluding steroid dienone is 2. The van der Waals surface area contributed by atoms with Gasteiger partial charge in [0.15, 0.2) is 0 Å². The van der Waals surface area contributed by atoms with Crippen LogP contribution in [0.2, 0.25) is 0 Å². The largest absolute Gasteiger partial charge is 0.481 e. The van der Waals surface area contributed by atoms with Gasteiger partial charge in [-0.25, -0.2) is 4.39 Å². The van der Waals surface area contributed by atoms with Crippen LogP contribution in [0.5, 0.6) is 0 Å². The van der Waals surface area contributed by atoms with Crippen molar-refractivity contribution in [2.75, 3.05) is 0 Å². The Bertz CT molecular complexity index is 507. The molecule has 0 spiro atoms. The van der Waals surface area contributed by atoms with Crippen LogP contribution in [0, 0.1) is 5.41 Å². The van der Waals surface area contributed by atoms with Gasteiger partial charge in [-0.05, 0) is 63.2 Å². The molecule has 3 heteroatoms. The van der Waals surface area contributed by atoms with E-state index in [2.05, 4.69) is 12.2 Å². The molecule has 3 rings (SSSR count). The highest BCUT2D eigenvalue weighted by atomic mass is 19.1. The SMILES string of the molecule is O=C(O)CCCCCCCCCCCCCC/C=C/CCCCCCCC12CC(F)(C1)C2. The molecular formula is C29H51FO2. The first-order valence-electron chi connectivity index (χ1n) is 14.1. The zero-order valence-corrected chi connectivity index (χ0v) is 20.9. The summed E-state index contributed by atoms with van der Waals surface area (Å²) in [5, 5.41) is 8.60. The fourth-order valence-corrected chi connectivity index (χ4v) is 5.96. The third kappa shape index (κ3) is 11.8. The molecule has 186 valence electrons. The molecule has 3 aliphatic carbocycles. The lowest BCUT2D eigenvalue weighted by Crippen LogP contribution is -2.64. The number of aliphatic carboxylic acids is 1. The molecule has 32 heavy (non-hydrogen) atoms. The summed E-state index contributed by atoms with van der Waals surface area (Å²) >= 11 is 0. The molecule has 0 unspecified atom stereocenters. The second kappa shape index (κ2) is 15.9. The van der Waals surface area contributed by atoms with E-state index in [1.165, 1.54) is 116 Å². The number of hydrogen-bond acceptors (Lipinski definition) is 1. The number of rotatable bonds is 23. The smallest absolute Gasteiger partial charge is 0.303 e. The van der Waals surface area contributed by atoms with Crippen molar-refractivity contribution in [2.45, 2.75) is 160 Å². The van der Waals surface area contributed by atoms with Crippen molar-refractivity contribution in [3.8, 4) is 0 Å². The fraction of sp³-hybridized carbons (Fsp3) is 0.897. The number of unbranched alkanes of at least 4 members (excludes halogenated alkanes) is 17. The maximum atomic E-state index is 13.5. The zero-order chi connectivity index (χ0) is 23.0. The highest BCUT2D eigenvalue weighted by Crippen LogP contribution is 2.71. The second-order valence-corrected chi connectivity index (χ2v) is 11.1. The molecule has 2 nitrogen and oxygen atoms in total. The summed E-state index contributed by atoms with van der Waals surface area (Å²) in [6.07, 6.45) is 33.6. The highest BCUT2D eigenvalue weighted by Gasteiger charge is 2.68. The molecule has 0 heterocycles. The fourth-order valence-electron chi connectivity index (χ4n) is 5.96. The highest BCUT2D eigenvalue weighted by molar-refractivity contribution is 5.66. The molecule has 0 aromatic heterocycles. The Morgan fingerprint density at radius 1 is 0.625 bits per heavy atom. The molecule has 3 aliphatic rings. The normalized spacial score (nSPS) is 23.9. The number of carbonyl (C=O) groups is 1. The molecule has 0 aromatic rings. The Hall–Kier alpha value is -0.860. The summed E-state index contributed by atoms with van der Waals surface area (Å²) in [6, 6.07) is 0. The van der Waals surface area contributed by atoms with Crippen molar-refractivity contribution in [2.24, 2.45) is 5.41 Å². The van der Waals surface area contributed by atoms with Gasteiger partial charge in [0, 0.05) is 6.42 Å². The summed E-state index contributed by atoms with van der Waals surface area (Å²) in [5.74, 6) is -0.659. The van der Waals surface area contributed by atoms with Crippen molar-refractivity contribution in [1.29, 1.82) is 0 Å². The topological polar surface area (TPSA) is 37.3 Å².